The van der Waals surface area contributed by atoms with Crippen molar-refractivity contribution in [3.63, 3.8) is 0 Å². The zero-order chi connectivity index (χ0) is 18.7. The van der Waals surface area contributed by atoms with Gasteiger partial charge in [0.05, 0.1) is 18.1 Å². The normalized spacial score (nSPS) is 11.2. The van der Waals surface area contributed by atoms with Gasteiger partial charge in [0, 0.05) is 32.7 Å². The molecule has 4 nitrogen and oxygen atoms in total. The number of nitrogens with zero attached hydrogens (tertiary/aromatic N) is 1. The number of ether oxygens (including phenoxy) is 1. The summed E-state index contributed by atoms with van der Waals surface area (Å²) >= 11 is 6.92. The number of rotatable bonds is 6. The number of hydrogen-bond donors (Lipinski definition) is 0. The topological polar surface area (TPSA) is 48.3 Å². The van der Waals surface area contributed by atoms with E-state index in [1.807, 2.05) is 36.4 Å². The fraction of sp³-hybridized carbons (Fsp3) is 0.300. The highest BCUT2D eigenvalue weighted by atomic mass is 79.9. The monoisotopic (exact) mass is 479 g/mol. The zero-order valence-corrected chi connectivity index (χ0v) is 17.6. The standard InChI is InChI=1S/C20H19Br2NO3/c1-26-19(24)5-3-2-4-10-23-17-8-6-13(21)11-15(17)20(25)16-12-14(22)7-9-18(16)23/h6-9,11-12H,2-5,10H2,1H3. The van der Waals surface area contributed by atoms with Crippen molar-refractivity contribution >= 4 is 59.6 Å². The van der Waals surface area contributed by atoms with Crippen LogP contribution in [0.2, 0.25) is 0 Å². The van der Waals surface area contributed by atoms with E-state index in [4.69, 9.17) is 0 Å². The lowest BCUT2D eigenvalue weighted by Gasteiger charge is -2.15. The van der Waals surface area contributed by atoms with Crippen LogP contribution in [0.4, 0.5) is 0 Å². The first-order valence-corrected chi connectivity index (χ1v) is 10.1. The van der Waals surface area contributed by atoms with Gasteiger partial charge < -0.3 is 9.30 Å². The van der Waals surface area contributed by atoms with E-state index in [1.54, 1.807) is 0 Å². The van der Waals surface area contributed by atoms with Crippen molar-refractivity contribution in [2.75, 3.05) is 7.11 Å². The van der Waals surface area contributed by atoms with Crippen LogP contribution in [0.3, 0.4) is 0 Å². The maximum Gasteiger partial charge on any atom is 0.305 e. The third kappa shape index (κ3) is 4.01. The van der Waals surface area contributed by atoms with Gasteiger partial charge in [0.1, 0.15) is 0 Å². The summed E-state index contributed by atoms with van der Waals surface area (Å²) in [6.07, 6.45) is 3.11. The molecule has 0 atom stereocenters. The molecule has 0 aliphatic rings. The summed E-state index contributed by atoms with van der Waals surface area (Å²) in [6, 6.07) is 11.6. The Morgan fingerprint density at radius 3 is 2.08 bits per heavy atom. The SMILES string of the molecule is COC(=O)CCCCCn1c2ccc(Br)cc2c(=O)c2cc(Br)ccc21. The molecule has 0 aliphatic carbocycles. The molecule has 0 spiro atoms. The molecule has 26 heavy (non-hydrogen) atoms. The van der Waals surface area contributed by atoms with Crippen LogP contribution in [0.15, 0.2) is 50.1 Å². The zero-order valence-electron chi connectivity index (χ0n) is 14.4. The summed E-state index contributed by atoms with van der Waals surface area (Å²) in [6.45, 7) is 0.789. The lowest BCUT2D eigenvalue weighted by Crippen LogP contribution is -2.12. The molecule has 136 valence electrons. The number of methoxy groups -OCH3 is 1. The fourth-order valence-corrected chi connectivity index (χ4v) is 3.91. The second kappa shape index (κ2) is 8.35. The number of aryl methyl sites for hydroxylation is 1. The Balaban J connectivity index is 1.97. The number of aromatic nitrogens is 1. The molecule has 0 saturated heterocycles. The van der Waals surface area contributed by atoms with Crippen molar-refractivity contribution in [3.05, 3.63) is 55.6 Å². The van der Waals surface area contributed by atoms with E-state index < -0.39 is 0 Å². The van der Waals surface area contributed by atoms with E-state index in [9.17, 15) is 9.59 Å². The molecule has 0 radical (unpaired) electrons. The molecule has 0 fully saturated rings. The van der Waals surface area contributed by atoms with E-state index in [1.165, 1.54) is 7.11 Å². The van der Waals surface area contributed by atoms with Crippen LogP contribution in [0, 0.1) is 0 Å². The molecule has 0 N–H and O–H groups in total. The Hall–Kier alpha value is -1.66. The highest BCUT2D eigenvalue weighted by molar-refractivity contribution is 9.10. The number of pyridine rings is 1. The second-order valence-corrected chi connectivity index (χ2v) is 8.02. The molecule has 1 heterocycles. The molecule has 0 saturated carbocycles. The van der Waals surface area contributed by atoms with Crippen LogP contribution in [-0.4, -0.2) is 17.6 Å². The minimum Gasteiger partial charge on any atom is -0.469 e. The number of unbranched alkanes of at least 4 members (excludes halogenated alkanes) is 2. The Bertz CT molecular complexity index is 961. The summed E-state index contributed by atoms with van der Waals surface area (Å²) < 4.78 is 8.66. The molecule has 0 aliphatic heterocycles. The number of halogens is 2. The van der Waals surface area contributed by atoms with Gasteiger partial charge in [-0.3, -0.25) is 9.59 Å². The van der Waals surface area contributed by atoms with Gasteiger partial charge in [-0.1, -0.05) is 38.3 Å². The lowest BCUT2D eigenvalue weighted by atomic mass is 10.1. The third-order valence-electron chi connectivity index (χ3n) is 4.48. The maximum atomic E-state index is 12.9. The van der Waals surface area contributed by atoms with Crippen LogP contribution < -0.4 is 5.43 Å². The predicted octanol–water partition coefficient (Wildman–Crippen LogP) is 5.41. The van der Waals surface area contributed by atoms with E-state index in [2.05, 4.69) is 41.2 Å². The molecular weight excluding hydrogens is 462 g/mol. The summed E-state index contributed by atoms with van der Waals surface area (Å²) in [4.78, 5) is 24.1. The Morgan fingerprint density at radius 1 is 0.962 bits per heavy atom. The van der Waals surface area contributed by atoms with E-state index >= 15 is 0 Å². The highest BCUT2D eigenvalue weighted by Gasteiger charge is 2.11. The first-order chi connectivity index (χ1) is 12.5. The molecule has 3 rings (SSSR count). The number of hydrogen-bond acceptors (Lipinski definition) is 3. The van der Waals surface area contributed by atoms with Crippen molar-refractivity contribution in [3.8, 4) is 0 Å². The Labute approximate surface area is 168 Å². The minimum atomic E-state index is -0.168. The average molecular weight is 481 g/mol. The van der Waals surface area contributed by atoms with Gasteiger partial charge in [0.15, 0.2) is 5.43 Å². The van der Waals surface area contributed by atoms with Crippen molar-refractivity contribution in [1.82, 2.24) is 4.57 Å². The molecule has 0 amide bonds. The summed E-state index contributed by atoms with van der Waals surface area (Å²) in [5.74, 6) is -0.168. The van der Waals surface area contributed by atoms with Gasteiger partial charge in [-0.15, -0.1) is 0 Å². The number of fused-ring (bicyclic) bond motifs is 2. The molecular formula is C20H19Br2NO3. The molecule has 0 unspecified atom stereocenters. The van der Waals surface area contributed by atoms with Gasteiger partial charge >= 0.3 is 5.97 Å². The van der Waals surface area contributed by atoms with Gasteiger partial charge in [0.2, 0.25) is 0 Å². The first-order valence-electron chi connectivity index (χ1n) is 8.49. The number of carbonyl (C=O) groups excluding carboxylic acids is 1. The van der Waals surface area contributed by atoms with Crippen LogP contribution in [0.1, 0.15) is 25.7 Å². The molecule has 1 aromatic heterocycles. The number of carbonyl (C=O) groups is 1. The number of benzene rings is 2. The average Bonchev–Trinajstić information content (AvgIpc) is 2.64. The summed E-state index contributed by atoms with van der Waals surface area (Å²) in [5, 5.41) is 1.42. The van der Waals surface area contributed by atoms with Crippen molar-refractivity contribution in [1.29, 1.82) is 0 Å². The lowest BCUT2D eigenvalue weighted by molar-refractivity contribution is -0.140. The van der Waals surface area contributed by atoms with Crippen molar-refractivity contribution in [2.24, 2.45) is 0 Å². The van der Waals surface area contributed by atoms with E-state index in [0.29, 0.717) is 17.2 Å². The van der Waals surface area contributed by atoms with Gasteiger partial charge in [-0.05, 0) is 49.2 Å². The van der Waals surface area contributed by atoms with E-state index in [-0.39, 0.29) is 11.4 Å². The van der Waals surface area contributed by atoms with Crippen molar-refractivity contribution in [2.45, 2.75) is 32.2 Å². The Morgan fingerprint density at radius 2 is 1.54 bits per heavy atom. The quantitative estimate of drug-likeness (QED) is 0.269. The summed E-state index contributed by atoms with van der Waals surface area (Å²) in [7, 11) is 1.41. The van der Waals surface area contributed by atoms with Gasteiger partial charge in [0.25, 0.3) is 0 Å². The maximum absolute atomic E-state index is 12.9. The molecule has 0 bridgehead atoms. The van der Waals surface area contributed by atoms with E-state index in [0.717, 1.165) is 45.8 Å². The molecule has 2 aromatic carbocycles. The van der Waals surface area contributed by atoms with Crippen LogP contribution >= 0.6 is 31.9 Å². The smallest absolute Gasteiger partial charge is 0.305 e. The highest BCUT2D eigenvalue weighted by Crippen LogP contribution is 2.25. The second-order valence-electron chi connectivity index (χ2n) is 6.19. The number of esters is 1. The van der Waals surface area contributed by atoms with Crippen LogP contribution in [-0.2, 0) is 16.1 Å². The molecule has 6 heteroatoms. The minimum absolute atomic E-state index is 0.0412. The summed E-state index contributed by atoms with van der Waals surface area (Å²) in [5.41, 5.74) is 1.90. The Kier molecular flexibility index (Phi) is 6.14. The van der Waals surface area contributed by atoms with Crippen LogP contribution in [0.5, 0.6) is 0 Å². The van der Waals surface area contributed by atoms with Gasteiger partial charge in [-0.2, -0.15) is 0 Å². The fourth-order valence-electron chi connectivity index (χ4n) is 3.18. The predicted molar refractivity (Wildman–Crippen MR) is 112 cm³/mol. The van der Waals surface area contributed by atoms with Crippen molar-refractivity contribution < 1.29 is 9.53 Å². The third-order valence-corrected chi connectivity index (χ3v) is 5.46. The molecule has 3 aromatic rings. The largest absolute Gasteiger partial charge is 0.469 e. The first kappa shape index (κ1) is 19.1. The van der Waals surface area contributed by atoms with Crippen LogP contribution in [0.25, 0.3) is 21.8 Å². The van der Waals surface area contributed by atoms with Gasteiger partial charge in [-0.25, -0.2) is 0 Å².